The predicted molar refractivity (Wildman–Crippen MR) is 73.2 cm³/mol. The zero-order valence-corrected chi connectivity index (χ0v) is 11.8. The van der Waals surface area contributed by atoms with Crippen LogP contribution in [0.15, 0.2) is 18.2 Å². The van der Waals surface area contributed by atoms with Crippen LogP contribution >= 0.6 is 11.6 Å². The molecule has 0 radical (unpaired) electrons. The number of hydrogen-bond acceptors (Lipinski definition) is 4. The lowest BCUT2D eigenvalue weighted by molar-refractivity contribution is -0.0282. The van der Waals surface area contributed by atoms with Gasteiger partial charge in [0, 0.05) is 13.7 Å². The van der Waals surface area contributed by atoms with E-state index < -0.39 is 6.10 Å². The van der Waals surface area contributed by atoms with Gasteiger partial charge < -0.3 is 19.9 Å². The number of anilines is 1. The van der Waals surface area contributed by atoms with E-state index in [1.807, 2.05) is 6.92 Å². The lowest BCUT2D eigenvalue weighted by Crippen LogP contribution is -2.28. The van der Waals surface area contributed by atoms with Gasteiger partial charge in [0.25, 0.3) is 0 Å². The van der Waals surface area contributed by atoms with Crippen LogP contribution in [-0.2, 0) is 9.47 Å². The molecule has 6 heteroatoms. The number of benzene rings is 1. The summed E-state index contributed by atoms with van der Waals surface area (Å²) in [6, 6.07) is 4.02. The zero-order valence-electron chi connectivity index (χ0n) is 11.0. The highest BCUT2D eigenvalue weighted by Gasteiger charge is 2.09. The van der Waals surface area contributed by atoms with Gasteiger partial charge in [-0.3, -0.25) is 0 Å². The minimum atomic E-state index is -0.710. The summed E-state index contributed by atoms with van der Waals surface area (Å²) in [4.78, 5) is 0. The quantitative estimate of drug-likeness (QED) is 0.772. The maximum absolute atomic E-state index is 13.0. The van der Waals surface area contributed by atoms with Gasteiger partial charge in [-0.1, -0.05) is 11.6 Å². The lowest BCUT2D eigenvalue weighted by atomic mass is 10.3. The molecule has 1 rings (SSSR count). The van der Waals surface area contributed by atoms with E-state index in [2.05, 4.69) is 5.32 Å². The molecule has 0 aliphatic carbocycles. The summed E-state index contributed by atoms with van der Waals surface area (Å²) >= 11 is 5.89. The maximum atomic E-state index is 13.0. The Balaban J connectivity index is 2.33. The molecule has 1 aromatic carbocycles. The molecule has 0 aromatic heterocycles. The van der Waals surface area contributed by atoms with Gasteiger partial charge in [0.15, 0.2) is 0 Å². The van der Waals surface area contributed by atoms with Crippen LogP contribution in [0.25, 0.3) is 0 Å². The van der Waals surface area contributed by atoms with Crippen LogP contribution in [0.3, 0.4) is 0 Å². The average Bonchev–Trinajstić information content (AvgIpc) is 2.38. The molecule has 0 saturated heterocycles. The van der Waals surface area contributed by atoms with Gasteiger partial charge in [-0.2, -0.15) is 0 Å². The highest BCUT2D eigenvalue weighted by molar-refractivity contribution is 6.33. The van der Waals surface area contributed by atoms with Gasteiger partial charge in [0.2, 0.25) is 0 Å². The summed E-state index contributed by atoms with van der Waals surface area (Å²) in [5, 5.41) is 13.0. The molecule has 0 spiro atoms. The summed E-state index contributed by atoms with van der Waals surface area (Å²) < 4.78 is 23.3. The molecule has 0 amide bonds. The van der Waals surface area contributed by atoms with Crippen LogP contribution < -0.4 is 5.32 Å². The van der Waals surface area contributed by atoms with E-state index in [9.17, 15) is 9.50 Å². The van der Waals surface area contributed by atoms with Crippen molar-refractivity contribution in [3.8, 4) is 0 Å². The Morgan fingerprint density at radius 2 is 2.16 bits per heavy atom. The molecule has 19 heavy (non-hydrogen) atoms. The van der Waals surface area contributed by atoms with E-state index in [1.54, 1.807) is 7.11 Å². The number of ether oxygens (including phenoxy) is 2. The Morgan fingerprint density at radius 3 is 2.84 bits per heavy atom. The van der Waals surface area contributed by atoms with Crippen molar-refractivity contribution < 1.29 is 19.0 Å². The number of aliphatic hydroxyl groups is 1. The van der Waals surface area contributed by atoms with Gasteiger partial charge in [-0.05, 0) is 25.1 Å². The van der Waals surface area contributed by atoms with Crippen molar-refractivity contribution >= 4 is 17.3 Å². The molecule has 2 atom stereocenters. The number of halogens is 2. The molecule has 0 aliphatic heterocycles. The second kappa shape index (κ2) is 8.32. The Morgan fingerprint density at radius 1 is 1.42 bits per heavy atom. The third kappa shape index (κ3) is 6.20. The number of aliphatic hydroxyl groups excluding tert-OH is 1. The molecule has 0 aliphatic rings. The Kier molecular flexibility index (Phi) is 7.09. The third-order valence-electron chi connectivity index (χ3n) is 2.43. The van der Waals surface area contributed by atoms with E-state index in [0.717, 1.165) is 0 Å². The number of rotatable bonds is 8. The van der Waals surface area contributed by atoms with Crippen LogP contribution in [0, 0.1) is 5.82 Å². The zero-order chi connectivity index (χ0) is 14.3. The van der Waals surface area contributed by atoms with E-state index in [1.165, 1.54) is 18.2 Å². The Bertz CT molecular complexity index is 392. The first-order chi connectivity index (χ1) is 9.02. The summed E-state index contributed by atoms with van der Waals surface area (Å²) in [6.45, 7) is 2.72. The van der Waals surface area contributed by atoms with Crippen molar-refractivity contribution in [3.63, 3.8) is 0 Å². The van der Waals surface area contributed by atoms with Crippen molar-refractivity contribution in [2.24, 2.45) is 0 Å². The molecule has 4 nitrogen and oxygen atoms in total. The minimum absolute atomic E-state index is 0.0857. The summed E-state index contributed by atoms with van der Waals surface area (Å²) in [5.41, 5.74) is 0.450. The average molecular weight is 292 g/mol. The highest BCUT2D eigenvalue weighted by atomic mass is 35.5. The molecule has 2 unspecified atom stereocenters. The molecule has 0 bridgehead atoms. The van der Waals surface area contributed by atoms with Gasteiger partial charge in [-0.15, -0.1) is 0 Å². The van der Waals surface area contributed by atoms with Crippen LogP contribution in [0.5, 0.6) is 0 Å². The van der Waals surface area contributed by atoms with Crippen LogP contribution in [0.4, 0.5) is 10.1 Å². The molecule has 2 N–H and O–H groups in total. The van der Waals surface area contributed by atoms with E-state index in [0.29, 0.717) is 17.3 Å². The smallest absolute Gasteiger partial charge is 0.125 e. The van der Waals surface area contributed by atoms with Crippen molar-refractivity contribution in [1.82, 2.24) is 0 Å². The summed E-state index contributed by atoms with van der Waals surface area (Å²) in [7, 11) is 1.59. The first kappa shape index (κ1) is 16.2. The van der Waals surface area contributed by atoms with Crippen LogP contribution in [0.1, 0.15) is 6.92 Å². The number of nitrogens with one attached hydrogen (secondary N) is 1. The Labute approximate surface area is 117 Å². The van der Waals surface area contributed by atoms with E-state index in [4.69, 9.17) is 21.1 Å². The summed E-state index contributed by atoms with van der Waals surface area (Å²) in [5.74, 6) is -0.383. The van der Waals surface area contributed by atoms with Crippen molar-refractivity contribution in [2.75, 3.05) is 32.2 Å². The highest BCUT2D eigenvalue weighted by Crippen LogP contribution is 2.22. The van der Waals surface area contributed by atoms with Crippen molar-refractivity contribution in [2.45, 2.75) is 19.1 Å². The molecule has 0 heterocycles. The minimum Gasteiger partial charge on any atom is -0.389 e. The van der Waals surface area contributed by atoms with Crippen molar-refractivity contribution in [1.29, 1.82) is 0 Å². The predicted octanol–water partition coefficient (Wildman–Crippen LogP) is 2.30. The largest absolute Gasteiger partial charge is 0.389 e. The summed E-state index contributed by atoms with van der Waals surface area (Å²) in [6.07, 6.45) is -0.795. The molecular formula is C13H19ClFNO3. The van der Waals surface area contributed by atoms with Crippen LogP contribution in [-0.4, -0.2) is 44.2 Å². The number of methoxy groups -OCH3 is 1. The molecule has 0 saturated carbocycles. The lowest BCUT2D eigenvalue weighted by Gasteiger charge is -2.17. The van der Waals surface area contributed by atoms with Gasteiger partial charge in [0.05, 0.1) is 36.1 Å². The SMILES string of the molecule is COCC(C)OCC(O)CNc1cc(F)ccc1Cl. The maximum Gasteiger partial charge on any atom is 0.125 e. The fourth-order valence-electron chi connectivity index (χ4n) is 1.48. The van der Waals surface area contributed by atoms with E-state index >= 15 is 0 Å². The van der Waals surface area contributed by atoms with Crippen LogP contribution in [0.2, 0.25) is 5.02 Å². The molecule has 0 fully saturated rings. The fraction of sp³-hybridized carbons (Fsp3) is 0.538. The molecule has 1 aromatic rings. The fourth-order valence-corrected chi connectivity index (χ4v) is 1.66. The third-order valence-corrected chi connectivity index (χ3v) is 2.76. The van der Waals surface area contributed by atoms with Crippen molar-refractivity contribution in [3.05, 3.63) is 29.0 Å². The second-order valence-electron chi connectivity index (χ2n) is 4.26. The van der Waals surface area contributed by atoms with E-state index in [-0.39, 0.29) is 25.1 Å². The topological polar surface area (TPSA) is 50.7 Å². The van der Waals surface area contributed by atoms with Gasteiger partial charge in [0.1, 0.15) is 5.82 Å². The van der Waals surface area contributed by atoms with Gasteiger partial charge in [-0.25, -0.2) is 4.39 Å². The molecular weight excluding hydrogens is 273 g/mol. The first-order valence-corrected chi connectivity index (χ1v) is 6.38. The van der Waals surface area contributed by atoms with Gasteiger partial charge >= 0.3 is 0 Å². The number of hydrogen-bond donors (Lipinski definition) is 2. The first-order valence-electron chi connectivity index (χ1n) is 6.00. The molecule has 108 valence electrons. The second-order valence-corrected chi connectivity index (χ2v) is 4.67. The monoisotopic (exact) mass is 291 g/mol. The Hall–Kier alpha value is -0.880. The standard InChI is InChI=1S/C13H19ClFNO3/c1-9(7-18-2)19-8-11(17)6-16-13-5-10(15)3-4-12(13)14/h3-5,9,11,16-17H,6-8H2,1-2H3. The normalized spacial score (nSPS) is 14.2.